The number of carbonyl (C=O) groups excluding carboxylic acids is 1. The van der Waals surface area contributed by atoms with Crippen LogP contribution in [0, 0.1) is 12.8 Å². The van der Waals surface area contributed by atoms with Gasteiger partial charge in [-0.25, -0.2) is 4.79 Å². The van der Waals surface area contributed by atoms with Crippen LogP contribution in [-0.2, 0) is 9.59 Å². The molecule has 0 bridgehead atoms. The molecule has 20 heavy (non-hydrogen) atoms. The van der Waals surface area contributed by atoms with Gasteiger partial charge in [-0.2, -0.15) is 0 Å². The number of aliphatic carboxylic acids is 1. The maximum absolute atomic E-state index is 11.7. The number of ether oxygens (including phenoxy) is 1. The molecule has 0 saturated carbocycles. The van der Waals surface area contributed by atoms with E-state index in [4.69, 9.17) is 21.4 Å². The maximum Gasteiger partial charge on any atom is 0.326 e. The zero-order valence-electron chi connectivity index (χ0n) is 11.6. The Hall–Kier alpha value is -1.75. The molecule has 0 radical (unpaired) electrons. The van der Waals surface area contributed by atoms with Crippen molar-refractivity contribution in [2.75, 3.05) is 6.61 Å². The molecule has 110 valence electrons. The van der Waals surface area contributed by atoms with Gasteiger partial charge in [-0.1, -0.05) is 25.4 Å². The normalized spacial score (nSPS) is 12.1. The minimum absolute atomic E-state index is 0.200. The molecule has 0 fully saturated rings. The Kier molecular flexibility index (Phi) is 5.82. The van der Waals surface area contributed by atoms with Crippen LogP contribution in [0.4, 0.5) is 0 Å². The van der Waals surface area contributed by atoms with Crippen molar-refractivity contribution in [1.82, 2.24) is 5.32 Å². The Morgan fingerprint density at radius 1 is 1.40 bits per heavy atom. The summed E-state index contributed by atoms with van der Waals surface area (Å²) in [4.78, 5) is 22.6. The standard InChI is InChI=1S/C14H18ClNO4/c1-8(2)13(14(18)19)16-12(17)7-20-10-4-5-11(15)9(3)6-10/h4-6,8,13H,7H2,1-3H3,(H,16,17)(H,18,19). The largest absolute Gasteiger partial charge is 0.484 e. The second kappa shape index (κ2) is 7.14. The first kappa shape index (κ1) is 16.3. The molecule has 0 aromatic heterocycles. The Balaban J connectivity index is 2.54. The van der Waals surface area contributed by atoms with Crippen LogP contribution in [0.5, 0.6) is 5.75 Å². The molecule has 0 aliphatic carbocycles. The van der Waals surface area contributed by atoms with Crippen LogP contribution in [0.3, 0.4) is 0 Å². The van der Waals surface area contributed by atoms with Crippen molar-refractivity contribution in [2.24, 2.45) is 5.92 Å². The SMILES string of the molecule is Cc1cc(OCC(=O)NC(C(=O)O)C(C)C)ccc1Cl. The van der Waals surface area contributed by atoms with E-state index in [1.54, 1.807) is 32.0 Å². The van der Waals surface area contributed by atoms with E-state index >= 15 is 0 Å². The summed E-state index contributed by atoms with van der Waals surface area (Å²) in [7, 11) is 0. The lowest BCUT2D eigenvalue weighted by Crippen LogP contribution is -2.46. The van der Waals surface area contributed by atoms with Gasteiger partial charge in [0.25, 0.3) is 5.91 Å². The van der Waals surface area contributed by atoms with E-state index < -0.39 is 17.9 Å². The molecule has 0 saturated heterocycles. The Labute approximate surface area is 122 Å². The fourth-order valence-corrected chi connectivity index (χ4v) is 1.70. The molecule has 0 aliphatic heterocycles. The summed E-state index contributed by atoms with van der Waals surface area (Å²) < 4.78 is 5.30. The predicted octanol–water partition coefficient (Wildman–Crippen LogP) is 2.25. The second-order valence-corrected chi connectivity index (χ2v) is 5.23. The number of halogens is 1. The molecule has 1 unspecified atom stereocenters. The van der Waals surface area contributed by atoms with Gasteiger partial charge in [0.2, 0.25) is 0 Å². The van der Waals surface area contributed by atoms with E-state index in [0.717, 1.165) is 5.56 Å². The molecule has 1 amide bonds. The summed E-state index contributed by atoms with van der Waals surface area (Å²) in [6.07, 6.45) is 0. The lowest BCUT2D eigenvalue weighted by Gasteiger charge is -2.18. The van der Waals surface area contributed by atoms with E-state index in [1.165, 1.54) is 0 Å². The van der Waals surface area contributed by atoms with Gasteiger partial charge in [-0.05, 0) is 36.6 Å². The van der Waals surface area contributed by atoms with Crippen molar-refractivity contribution in [1.29, 1.82) is 0 Å². The number of hydrogen-bond donors (Lipinski definition) is 2. The zero-order chi connectivity index (χ0) is 15.3. The first-order valence-corrected chi connectivity index (χ1v) is 6.60. The highest BCUT2D eigenvalue weighted by Gasteiger charge is 2.23. The van der Waals surface area contributed by atoms with Crippen LogP contribution in [-0.4, -0.2) is 29.6 Å². The van der Waals surface area contributed by atoms with Crippen molar-refractivity contribution < 1.29 is 19.4 Å². The van der Waals surface area contributed by atoms with Crippen LogP contribution < -0.4 is 10.1 Å². The topological polar surface area (TPSA) is 75.6 Å². The molecule has 1 aromatic carbocycles. The minimum atomic E-state index is -1.06. The van der Waals surface area contributed by atoms with E-state index in [-0.39, 0.29) is 12.5 Å². The molecular formula is C14H18ClNO4. The summed E-state index contributed by atoms with van der Waals surface area (Å²) in [6, 6.07) is 4.13. The van der Waals surface area contributed by atoms with Crippen molar-refractivity contribution in [2.45, 2.75) is 26.8 Å². The van der Waals surface area contributed by atoms with E-state index in [1.807, 2.05) is 6.92 Å². The third-order valence-corrected chi connectivity index (χ3v) is 3.17. The second-order valence-electron chi connectivity index (χ2n) is 4.83. The highest BCUT2D eigenvalue weighted by atomic mass is 35.5. The predicted molar refractivity (Wildman–Crippen MR) is 76.1 cm³/mol. The van der Waals surface area contributed by atoms with Crippen LogP contribution in [0.1, 0.15) is 19.4 Å². The number of nitrogens with one attached hydrogen (secondary N) is 1. The monoisotopic (exact) mass is 299 g/mol. The fraction of sp³-hybridized carbons (Fsp3) is 0.429. The molecule has 1 aromatic rings. The van der Waals surface area contributed by atoms with Gasteiger partial charge in [-0.15, -0.1) is 0 Å². The van der Waals surface area contributed by atoms with Gasteiger partial charge in [0.15, 0.2) is 6.61 Å². The number of benzene rings is 1. The van der Waals surface area contributed by atoms with Gasteiger partial charge in [-0.3, -0.25) is 4.79 Å². The van der Waals surface area contributed by atoms with Gasteiger partial charge in [0.05, 0.1) is 0 Å². The van der Waals surface area contributed by atoms with Crippen molar-refractivity contribution in [3.63, 3.8) is 0 Å². The maximum atomic E-state index is 11.7. The Bertz CT molecular complexity index is 502. The minimum Gasteiger partial charge on any atom is -0.484 e. The summed E-state index contributed by atoms with van der Waals surface area (Å²) in [6.45, 7) is 5.04. The molecule has 5 nitrogen and oxygen atoms in total. The van der Waals surface area contributed by atoms with Crippen LogP contribution >= 0.6 is 11.6 Å². The van der Waals surface area contributed by atoms with E-state index in [0.29, 0.717) is 10.8 Å². The number of amides is 1. The lowest BCUT2D eigenvalue weighted by atomic mass is 10.1. The Morgan fingerprint density at radius 2 is 2.05 bits per heavy atom. The van der Waals surface area contributed by atoms with Gasteiger partial charge >= 0.3 is 5.97 Å². The van der Waals surface area contributed by atoms with Crippen molar-refractivity contribution in [3.8, 4) is 5.75 Å². The average molecular weight is 300 g/mol. The molecule has 2 N–H and O–H groups in total. The smallest absolute Gasteiger partial charge is 0.326 e. The summed E-state index contributed by atoms with van der Waals surface area (Å²) >= 11 is 5.88. The van der Waals surface area contributed by atoms with Crippen LogP contribution in [0.15, 0.2) is 18.2 Å². The van der Waals surface area contributed by atoms with Gasteiger partial charge in [0.1, 0.15) is 11.8 Å². The van der Waals surface area contributed by atoms with Gasteiger partial charge in [0, 0.05) is 5.02 Å². The lowest BCUT2D eigenvalue weighted by molar-refractivity contribution is -0.143. The first-order chi connectivity index (χ1) is 9.31. The van der Waals surface area contributed by atoms with Crippen molar-refractivity contribution >= 4 is 23.5 Å². The zero-order valence-corrected chi connectivity index (χ0v) is 12.4. The quantitative estimate of drug-likeness (QED) is 0.845. The third-order valence-electron chi connectivity index (χ3n) is 2.75. The highest BCUT2D eigenvalue weighted by molar-refractivity contribution is 6.31. The molecular weight excluding hydrogens is 282 g/mol. The van der Waals surface area contributed by atoms with E-state index in [9.17, 15) is 9.59 Å². The number of hydrogen-bond acceptors (Lipinski definition) is 3. The van der Waals surface area contributed by atoms with Crippen molar-refractivity contribution in [3.05, 3.63) is 28.8 Å². The first-order valence-electron chi connectivity index (χ1n) is 6.22. The van der Waals surface area contributed by atoms with Crippen LogP contribution in [0.25, 0.3) is 0 Å². The molecule has 0 spiro atoms. The highest BCUT2D eigenvalue weighted by Crippen LogP contribution is 2.20. The fourth-order valence-electron chi connectivity index (χ4n) is 1.58. The molecule has 6 heteroatoms. The molecule has 0 heterocycles. The Morgan fingerprint density at radius 3 is 2.55 bits per heavy atom. The van der Waals surface area contributed by atoms with Gasteiger partial charge < -0.3 is 15.2 Å². The van der Waals surface area contributed by atoms with Crippen LogP contribution in [0.2, 0.25) is 5.02 Å². The van der Waals surface area contributed by atoms with E-state index in [2.05, 4.69) is 5.32 Å². The average Bonchev–Trinajstić information content (AvgIpc) is 2.36. The number of carbonyl (C=O) groups is 2. The number of rotatable bonds is 6. The number of carboxylic acids is 1. The summed E-state index contributed by atoms with van der Waals surface area (Å²) in [5.41, 5.74) is 0.843. The molecule has 1 rings (SSSR count). The molecule has 0 aliphatic rings. The number of carboxylic acid groups (broad SMARTS) is 1. The summed E-state index contributed by atoms with van der Waals surface area (Å²) in [5.74, 6) is -1.22. The molecule has 1 atom stereocenters. The summed E-state index contributed by atoms with van der Waals surface area (Å²) in [5, 5.41) is 12.0. The number of aryl methyl sites for hydroxylation is 1. The third kappa shape index (κ3) is 4.74.